The summed E-state index contributed by atoms with van der Waals surface area (Å²) in [6.45, 7) is 2.80. The van der Waals surface area contributed by atoms with Crippen molar-refractivity contribution in [2.24, 2.45) is 5.92 Å². The van der Waals surface area contributed by atoms with Gasteiger partial charge in [-0.25, -0.2) is 0 Å². The third kappa shape index (κ3) is 5.19. The number of aliphatic hydroxyl groups excluding tert-OH is 1. The first-order valence-electron chi connectivity index (χ1n) is 9.59. The predicted molar refractivity (Wildman–Crippen MR) is 101 cm³/mol. The number of nitrogens with one attached hydrogen (secondary N) is 1. The zero-order valence-corrected chi connectivity index (χ0v) is 15.5. The molecule has 0 unspecified atom stereocenters. The molecule has 0 bridgehead atoms. The Kier molecular flexibility index (Phi) is 6.74. The van der Waals surface area contributed by atoms with Crippen LogP contribution in [0.15, 0.2) is 24.3 Å². The van der Waals surface area contributed by atoms with Gasteiger partial charge in [0.15, 0.2) is 0 Å². The van der Waals surface area contributed by atoms with Gasteiger partial charge in [-0.1, -0.05) is 30.2 Å². The molecular formula is C20H29ClN2O2. The monoisotopic (exact) mass is 364 g/mol. The van der Waals surface area contributed by atoms with Crippen LogP contribution in [0, 0.1) is 5.92 Å². The molecule has 4 nitrogen and oxygen atoms in total. The number of likely N-dealkylation sites (tertiary alicyclic amines) is 1. The number of halogens is 1. The first-order chi connectivity index (χ1) is 12.1. The fourth-order valence-electron chi connectivity index (χ4n) is 4.05. The second kappa shape index (κ2) is 9.02. The standard InChI is InChI=1S/C20H29ClN2O2/c21-17-8-4-15(5-9-17)19(23-12-2-1-3-13-23)14-22-20(25)16-6-10-18(24)11-7-16/h4-5,8-9,16,18-19,24H,1-3,6-7,10-14H2,(H,22,25)/t16?,18?,19-/m0/s1. The maximum absolute atomic E-state index is 12.5. The summed E-state index contributed by atoms with van der Waals surface area (Å²) in [5.74, 6) is 0.193. The maximum Gasteiger partial charge on any atom is 0.223 e. The molecule has 1 atom stereocenters. The van der Waals surface area contributed by atoms with E-state index in [0.717, 1.165) is 43.8 Å². The molecule has 2 fully saturated rings. The highest BCUT2D eigenvalue weighted by molar-refractivity contribution is 6.30. The molecule has 1 heterocycles. The molecule has 0 spiro atoms. The van der Waals surface area contributed by atoms with Crippen LogP contribution in [0.4, 0.5) is 0 Å². The second-order valence-corrected chi connectivity index (χ2v) is 7.85. The highest BCUT2D eigenvalue weighted by Gasteiger charge is 2.27. The van der Waals surface area contributed by atoms with Gasteiger partial charge in [-0.2, -0.15) is 0 Å². The molecule has 1 aromatic rings. The van der Waals surface area contributed by atoms with Crippen molar-refractivity contribution < 1.29 is 9.90 Å². The van der Waals surface area contributed by atoms with Gasteiger partial charge in [-0.15, -0.1) is 0 Å². The number of hydrogen-bond acceptors (Lipinski definition) is 3. The van der Waals surface area contributed by atoms with Crippen molar-refractivity contribution in [1.29, 1.82) is 0 Å². The number of rotatable bonds is 5. The van der Waals surface area contributed by atoms with Gasteiger partial charge in [0.2, 0.25) is 5.91 Å². The number of hydrogen-bond donors (Lipinski definition) is 2. The first kappa shape index (κ1) is 18.7. The molecule has 2 aliphatic rings. The van der Waals surface area contributed by atoms with E-state index in [-0.39, 0.29) is 24.0 Å². The number of nitrogens with zero attached hydrogens (tertiary/aromatic N) is 1. The molecule has 1 saturated carbocycles. The Labute approximate surface area is 155 Å². The van der Waals surface area contributed by atoms with Gasteiger partial charge in [0.25, 0.3) is 0 Å². The van der Waals surface area contributed by atoms with E-state index in [4.69, 9.17) is 11.6 Å². The van der Waals surface area contributed by atoms with E-state index in [1.54, 1.807) is 0 Å². The lowest BCUT2D eigenvalue weighted by atomic mass is 9.87. The summed E-state index contributed by atoms with van der Waals surface area (Å²) in [7, 11) is 0. The number of carbonyl (C=O) groups excluding carboxylic acids is 1. The fraction of sp³-hybridized carbons (Fsp3) is 0.650. The molecule has 1 saturated heterocycles. The van der Waals surface area contributed by atoms with Gasteiger partial charge < -0.3 is 10.4 Å². The minimum atomic E-state index is -0.223. The van der Waals surface area contributed by atoms with E-state index in [1.807, 2.05) is 12.1 Å². The highest BCUT2D eigenvalue weighted by atomic mass is 35.5. The Balaban J connectivity index is 1.62. The van der Waals surface area contributed by atoms with Gasteiger partial charge >= 0.3 is 0 Å². The van der Waals surface area contributed by atoms with Crippen molar-refractivity contribution in [3.63, 3.8) is 0 Å². The van der Waals surface area contributed by atoms with Crippen LogP contribution in [0.5, 0.6) is 0 Å². The zero-order chi connectivity index (χ0) is 17.6. The average Bonchev–Trinajstić information content (AvgIpc) is 2.64. The Morgan fingerprint density at radius 1 is 1.12 bits per heavy atom. The summed E-state index contributed by atoms with van der Waals surface area (Å²) in [5.41, 5.74) is 1.21. The lowest BCUT2D eigenvalue weighted by Crippen LogP contribution is -2.42. The zero-order valence-electron chi connectivity index (χ0n) is 14.8. The summed E-state index contributed by atoms with van der Waals surface area (Å²) in [6, 6.07) is 8.21. The molecule has 138 valence electrons. The quantitative estimate of drug-likeness (QED) is 0.840. The summed E-state index contributed by atoms with van der Waals surface area (Å²) < 4.78 is 0. The molecule has 2 N–H and O–H groups in total. The largest absolute Gasteiger partial charge is 0.393 e. The smallest absolute Gasteiger partial charge is 0.223 e. The summed E-state index contributed by atoms with van der Waals surface area (Å²) in [5, 5.41) is 13.5. The van der Waals surface area contributed by atoms with Crippen LogP contribution in [-0.4, -0.2) is 41.7 Å². The third-order valence-electron chi connectivity index (χ3n) is 5.62. The number of amides is 1. The lowest BCUT2D eigenvalue weighted by molar-refractivity contribution is -0.126. The Morgan fingerprint density at radius 3 is 2.40 bits per heavy atom. The molecule has 1 aliphatic carbocycles. The molecule has 1 amide bonds. The molecule has 5 heteroatoms. The van der Waals surface area contributed by atoms with Gasteiger partial charge in [-0.3, -0.25) is 9.69 Å². The number of aliphatic hydroxyl groups is 1. The number of piperidine rings is 1. The maximum atomic E-state index is 12.5. The van der Waals surface area contributed by atoms with Crippen molar-refractivity contribution in [1.82, 2.24) is 10.2 Å². The van der Waals surface area contributed by atoms with Crippen LogP contribution in [0.25, 0.3) is 0 Å². The Morgan fingerprint density at radius 2 is 1.76 bits per heavy atom. The fourth-order valence-corrected chi connectivity index (χ4v) is 4.18. The summed E-state index contributed by atoms with van der Waals surface area (Å²) in [4.78, 5) is 15.0. The normalized spacial score (nSPS) is 26.2. The van der Waals surface area contributed by atoms with Crippen LogP contribution < -0.4 is 5.32 Å². The Hall–Kier alpha value is -1.10. The van der Waals surface area contributed by atoms with E-state index < -0.39 is 0 Å². The third-order valence-corrected chi connectivity index (χ3v) is 5.88. The topological polar surface area (TPSA) is 52.6 Å². The van der Waals surface area contributed by atoms with E-state index in [2.05, 4.69) is 22.3 Å². The highest BCUT2D eigenvalue weighted by Crippen LogP contribution is 2.27. The summed E-state index contributed by atoms with van der Waals surface area (Å²) in [6.07, 6.45) is 6.58. The lowest BCUT2D eigenvalue weighted by Gasteiger charge is -2.35. The molecule has 25 heavy (non-hydrogen) atoms. The van der Waals surface area contributed by atoms with Crippen molar-refractivity contribution in [3.05, 3.63) is 34.9 Å². The van der Waals surface area contributed by atoms with Crippen molar-refractivity contribution in [2.45, 2.75) is 57.1 Å². The Bertz CT molecular complexity index is 549. The van der Waals surface area contributed by atoms with Crippen LogP contribution in [0.1, 0.15) is 56.6 Å². The molecule has 1 aliphatic heterocycles. The molecule has 3 rings (SSSR count). The van der Waals surface area contributed by atoms with Crippen LogP contribution in [-0.2, 0) is 4.79 Å². The molecule has 0 aromatic heterocycles. The van der Waals surface area contributed by atoms with Crippen LogP contribution in [0.3, 0.4) is 0 Å². The van der Waals surface area contributed by atoms with Gasteiger partial charge in [0, 0.05) is 17.5 Å². The van der Waals surface area contributed by atoms with Crippen LogP contribution in [0.2, 0.25) is 5.02 Å². The second-order valence-electron chi connectivity index (χ2n) is 7.41. The number of benzene rings is 1. The van der Waals surface area contributed by atoms with E-state index in [0.29, 0.717) is 6.54 Å². The summed E-state index contributed by atoms with van der Waals surface area (Å²) >= 11 is 6.04. The van der Waals surface area contributed by atoms with Crippen molar-refractivity contribution in [3.8, 4) is 0 Å². The van der Waals surface area contributed by atoms with E-state index in [1.165, 1.54) is 24.8 Å². The van der Waals surface area contributed by atoms with Gasteiger partial charge in [0.05, 0.1) is 12.1 Å². The molecule has 0 radical (unpaired) electrons. The van der Waals surface area contributed by atoms with E-state index in [9.17, 15) is 9.90 Å². The number of carbonyl (C=O) groups is 1. The van der Waals surface area contributed by atoms with Gasteiger partial charge in [0.1, 0.15) is 0 Å². The van der Waals surface area contributed by atoms with Gasteiger partial charge in [-0.05, 0) is 69.3 Å². The first-order valence-corrected chi connectivity index (χ1v) is 9.96. The predicted octanol–water partition coefficient (Wildman–Crippen LogP) is 3.53. The SMILES string of the molecule is O=C(NC[C@@H](c1ccc(Cl)cc1)N1CCCCC1)C1CCC(O)CC1. The molecule has 1 aromatic carbocycles. The minimum absolute atomic E-state index is 0.0515. The average molecular weight is 365 g/mol. The molecular weight excluding hydrogens is 336 g/mol. The van der Waals surface area contributed by atoms with Crippen LogP contribution >= 0.6 is 11.6 Å². The van der Waals surface area contributed by atoms with Crippen molar-refractivity contribution in [2.75, 3.05) is 19.6 Å². The minimum Gasteiger partial charge on any atom is -0.393 e. The van der Waals surface area contributed by atoms with Crippen molar-refractivity contribution >= 4 is 17.5 Å². The van der Waals surface area contributed by atoms with E-state index >= 15 is 0 Å².